The number of nitrogens with one attached hydrogen (secondary N) is 2. The lowest BCUT2D eigenvalue weighted by molar-refractivity contribution is -0.137. The number of benzene rings is 2. The number of hydrazine groups is 1. The molecule has 0 atom stereocenters. The highest BCUT2D eigenvalue weighted by molar-refractivity contribution is 9.10. The highest BCUT2D eigenvalue weighted by Gasteiger charge is 2.34. The van der Waals surface area contributed by atoms with Gasteiger partial charge in [-0.3, -0.25) is 15.6 Å². The van der Waals surface area contributed by atoms with E-state index in [9.17, 15) is 18.0 Å². The average molecular weight is 398 g/mol. The number of hydrogen-bond acceptors (Lipinski definition) is 3. The van der Waals surface area contributed by atoms with Gasteiger partial charge in [0, 0.05) is 10.0 Å². The van der Waals surface area contributed by atoms with Crippen LogP contribution in [0.5, 0.6) is 0 Å². The van der Waals surface area contributed by atoms with Gasteiger partial charge in [-0.05, 0) is 48.9 Å². The van der Waals surface area contributed by atoms with Crippen LogP contribution in [0.25, 0.3) is 0 Å². The Kier molecular flexibility index (Phi) is 5.14. The molecule has 0 unspecified atom stereocenters. The molecule has 0 aliphatic heterocycles. The molecule has 8 heteroatoms. The largest absolute Gasteiger partial charge is 0.418 e. The SMILES string of the molecule is Cc1cc(C(=O)NNc2ccc(C#N)cc2C(F)(F)F)ccc1Br. The maximum atomic E-state index is 13.0. The normalized spacial score (nSPS) is 10.8. The van der Waals surface area contributed by atoms with Crippen LogP contribution in [-0.4, -0.2) is 5.91 Å². The quantitative estimate of drug-likeness (QED) is 0.754. The second kappa shape index (κ2) is 6.93. The van der Waals surface area contributed by atoms with Gasteiger partial charge in [0.15, 0.2) is 0 Å². The summed E-state index contributed by atoms with van der Waals surface area (Å²) in [7, 11) is 0. The third kappa shape index (κ3) is 4.06. The zero-order valence-electron chi connectivity index (χ0n) is 12.3. The minimum Gasteiger partial charge on any atom is -0.298 e. The number of carbonyl (C=O) groups is 1. The van der Waals surface area contributed by atoms with Crippen LogP contribution in [0.4, 0.5) is 18.9 Å². The van der Waals surface area contributed by atoms with Gasteiger partial charge in [0.25, 0.3) is 5.91 Å². The number of carbonyl (C=O) groups excluding carboxylic acids is 1. The van der Waals surface area contributed by atoms with Crippen LogP contribution in [-0.2, 0) is 6.18 Å². The number of nitrogens with zero attached hydrogens (tertiary/aromatic N) is 1. The second-order valence-electron chi connectivity index (χ2n) is 4.91. The summed E-state index contributed by atoms with van der Waals surface area (Å²) in [5.41, 5.74) is 4.10. The molecular weight excluding hydrogens is 387 g/mol. The summed E-state index contributed by atoms with van der Waals surface area (Å²) in [6, 6.07) is 9.51. The Hall–Kier alpha value is -2.53. The topological polar surface area (TPSA) is 64.9 Å². The van der Waals surface area contributed by atoms with Crippen LogP contribution in [0.1, 0.15) is 27.0 Å². The molecule has 0 fully saturated rings. The molecule has 0 saturated heterocycles. The molecule has 0 aliphatic carbocycles. The van der Waals surface area contributed by atoms with Crippen molar-refractivity contribution in [3.05, 3.63) is 63.1 Å². The summed E-state index contributed by atoms with van der Waals surface area (Å²) >= 11 is 3.30. The number of rotatable bonds is 3. The van der Waals surface area contributed by atoms with Crippen molar-refractivity contribution >= 4 is 27.5 Å². The van der Waals surface area contributed by atoms with E-state index in [1.807, 2.05) is 0 Å². The molecule has 2 rings (SSSR count). The van der Waals surface area contributed by atoms with Gasteiger partial charge in [-0.15, -0.1) is 0 Å². The zero-order chi connectivity index (χ0) is 17.9. The first kappa shape index (κ1) is 17.8. The fraction of sp³-hybridized carbons (Fsp3) is 0.125. The molecular formula is C16H11BrF3N3O. The van der Waals surface area contributed by atoms with Crippen molar-refractivity contribution in [2.45, 2.75) is 13.1 Å². The van der Waals surface area contributed by atoms with Gasteiger partial charge in [0.2, 0.25) is 0 Å². The van der Waals surface area contributed by atoms with E-state index in [1.165, 1.54) is 12.1 Å². The molecule has 0 spiro atoms. The van der Waals surface area contributed by atoms with Gasteiger partial charge in [0.1, 0.15) is 0 Å². The van der Waals surface area contributed by atoms with E-state index in [-0.39, 0.29) is 11.3 Å². The lowest BCUT2D eigenvalue weighted by Crippen LogP contribution is -2.30. The molecule has 1 amide bonds. The lowest BCUT2D eigenvalue weighted by atomic mass is 10.1. The third-order valence-electron chi connectivity index (χ3n) is 3.18. The molecule has 124 valence electrons. The number of amides is 1. The molecule has 2 aromatic rings. The van der Waals surface area contributed by atoms with E-state index >= 15 is 0 Å². The second-order valence-corrected chi connectivity index (χ2v) is 5.77. The molecule has 24 heavy (non-hydrogen) atoms. The van der Waals surface area contributed by atoms with E-state index < -0.39 is 17.6 Å². The van der Waals surface area contributed by atoms with Gasteiger partial charge in [-0.25, -0.2) is 0 Å². The van der Waals surface area contributed by atoms with Gasteiger partial charge in [-0.2, -0.15) is 18.4 Å². The summed E-state index contributed by atoms with van der Waals surface area (Å²) in [4.78, 5) is 12.0. The maximum Gasteiger partial charge on any atom is 0.418 e. The number of hydrogen-bond donors (Lipinski definition) is 2. The molecule has 0 aliphatic rings. The van der Waals surface area contributed by atoms with Crippen molar-refractivity contribution in [2.24, 2.45) is 0 Å². The van der Waals surface area contributed by atoms with Crippen molar-refractivity contribution in [2.75, 3.05) is 5.43 Å². The Morgan fingerprint density at radius 3 is 2.50 bits per heavy atom. The van der Waals surface area contributed by atoms with E-state index in [0.717, 1.165) is 22.2 Å². The molecule has 0 aromatic heterocycles. The van der Waals surface area contributed by atoms with E-state index in [4.69, 9.17) is 5.26 Å². The first-order valence-corrected chi connectivity index (χ1v) is 7.45. The Balaban J connectivity index is 2.21. The average Bonchev–Trinajstić information content (AvgIpc) is 2.54. The van der Waals surface area contributed by atoms with Gasteiger partial charge in [0.05, 0.1) is 22.9 Å². The zero-order valence-corrected chi connectivity index (χ0v) is 13.9. The molecule has 0 heterocycles. The summed E-state index contributed by atoms with van der Waals surface area (Å²) < 4.78 is 39.9. The van der Waals surface area contributed by atoms with Crippen LogP contribution in [0.15, 0.2) is 40.9 Å². The highest BCUT2D eigenvalue weighted by Crippen LogP contribution is 2.35. The van der Waals surface area contributed by atoms with Crippen LogP contribution in [0.3, 0.4) is 0 Å². The van der Waals surface area contributed by atoms with E-state index in [2.05, 4.69) is 26.8 Å². The van der Waals surface area contributed by atoms with Crippen molar-refractivity contribution < 1.29 is 18.0 Å². The van der Waals surface area contributed by atoms with Crippen LogP contribution in [0, 0.1) is 18.3 Å². The van der Waals surface area contributed by atoms with Crippen molar-refractivity contribution in [1.29, 1.82) is 5.26 Å². The molecule has 4 nitrogen and oxygen atoms in total. The van der Waals surface area contributed by atoms with Crippen LogP contribution >= 0.6 is 15.9 Å². The summed E-state index contributed by atoms with van der Waals surface area (Å²) in [6.07, 6.45) is -4.66. The first-order valence-electron chi connectivity index (χ1n) is 6.66. The smallest absolute Gasteiger partial charge is 0.298 e. The number of aryl methyl sites for hydroxylation is 1. The summed E-state index contributed by atoms with van der Waals surface area (Å²) in [6.45, 7) is 1.79. The molecule has 0 bridgehead atoms. The number of halogens is 4. The highest BCUT2D eigenvalue weighted by atomic mass is 79.9. The number of alkyl halides is 3. The van der Waals surface area contributed by atoms with E-state index in [0.29, 0.717) is 5.56 Å². The maximum absolute atomic E-state index is 13.0. The van der Waals surface area contributed by atoms with Crippen molar-refractivity contribution in [3.8, 4) is 6.07 Å². The van der Waals surface area contributed by atoms with Crippen LogP contribution < -0.4 is 10.9 Å². The van der Waals surface area contributed by atoms with Gasteiger partial charge in [-0.1, -0.05) is 15.9 Å². The van der Waals surface area contributed by atoms with E-state index in [1.54, 1.807) is 25.1 Å². The monoisotopic (exact) mass is 397 g/mol. The molecule has 2 N–H and O–H groups in total. The van der Waals surface area contributed by atoms with Gasteiger partial charge >= 0.3 is 6.18 Å². The Bertz CT molecular complexity index is 828. The minimum absolute atomic E-state index is 0.122. The third-order valence-corrected chi connectivity index (χ3v) is 4.07. The predicted molar refractivity (Wildman–Crippen MR) is 86.1 cm³/mol. The predicted octanol–water partition coefficient (Wildman–Crippen LogP) is 4.40. The summed E-state index contributed by atoms with van der Waals surface area (Å²) in [5, 5.41) is 8.72. The summed E-state index contributed by atoms with van der Waals surface area (Å²) in [5.74, 6) is -0.580. The number of nitriles is 1. The Labute approximate surface area is 144 Å². The number of anilines is 1. The fourth-order valence-electron chi connectivity index (χ4n) is 1.94. The Morgan fingerprint density at radius 2 is 1.92 bits per heavy atom. The van der Waals surface area contributed by atoms with Crippen LogP contribution in [0.2, 0.25) is 0 Å². The lowest BCUT2D eigenvalue weighted by Gasteiger charge is -2.15. The molecule has 0 saturated carbocycles. The molecule has 0 radical (unpaired) electrons. The van der Waals surface area contributed by atoms with Gasteiger partial charge < -0.3 is 0 Å². The standard InChI is InChI=1S/C16H11BrF3N3O/c1-9-6-11(3-4-13(9)17)15(24)23-22-14-5-2-10(8-21)7-12(14)16(18,19)20/h2-7,22H,1H3,(H,23,24). The fourth-order valence-corrected chi connectivity index (χ4v) is 2.19. The first-order chi connectivity index (χ1) is 11.2. The Morgan fingerprint density at radius 1 is 1.21 bits per heavy atom. The van der Waals surface area contributed by atoms with Crippen molar-refractivity contribution in [3.63, 3.8) is 0 Å². The van der Waals surface area contributed by atoms with Crippen molar-refractivity contribution in [1.82, 2.24) is 5.43 Å². The minimum atomic E-state index is -4.66. The molecule has 2 aromatic carbocycles.